The fourth-order valence-electron chi connectivity index (χ4n) is 2.36. The molecule has 0 spiro atoms. The molecule has 2 rings (SSSR count). The van der Waals surface area contributed by atoms with Crippen LogP contribution in [0.5, 0.6) is 0 Å². The predicted molar refractivity (Wildman–Crippen MR) is 114 cm³/mol. The lowest BCUT2D eigenvalue weighted by molar-refractivity contribution is -0.176. The van der Waals surface area contributed by atoms with Gasteiger partial charge in [-0.3, -0.25) is 4.99 Å². The number of benzene rings is 1. The van der Waals surface area contributed by atoms with Crippen molar-refractivity contribution in [3.63, 3.8) is 0 Å². The third-order valence-electron chi connectivity index (χ3n) is 4.05. The summed E-state index contributed by atoms with van der Waals surface area (Å²) in [5, 5.41) is 6.43. The van der Waals surface area contributed by atoms with Crippen molar-refractivity contribution < 1.29 is 22.6 Å². The third-order valence-corrected chi connectivity index (χ3v) is 4.05. The molecule has 0 radical (unpaired) electrons. The zero-order valence-corrected chi connectivity index (χ0v) is 18.4. The van der Waals surface area contributed by atoms with Crippen molar-refractivity contribution in [1.82, 2.24) is 10.6 Å². The van der Waals surface area contributed by atoms with E-state index < -0.39 is 12.8 Å². The molecule has 1 aliphatic carbocycles. The molecule has 1 fully saturated rings. The quantitative estimate of drug-likeness (QED) is 0.204. The Morgan fingerprint density at radius 2 is 1.79 bits per heavy atom. The number of nitrogens with one attached hydrogen (secondary N) is 2. The van der Waals surface area contributed by atoms with Gasteiger partial charge in [-0.1, -0.05) is 24.3 Å². The highest BCUT2D eigenvalue weighted by Crippen LogP contribution is 2.28. The van der Waals surface area contributed by atoms with E-state index in [9.17, 15) is 13.2 Å². The van der Waals surface area contributed by atoms with Gasteiger partial charge >= 0.3 is 6.18 Å². The fraction of sp³-hybridized carbons (Fsp3) is 0.632. The maximum atomic E-state index is 12.1. The van der Waals surface area contributed by atoms with Crippen LogP contribution in [0.3, 0.4) is 0 Å². The van der Waals surface area contributed by atoms with E-state index in [-0.39, 0.29) is 30.6 Å². The van der Waals surface area contributed by atoms with E-state index >= 15 is 0 Å². The minimum Gasteiger partial charge on any atom is -0.381 e. The molecule has 1 aliphatic rings. The number of halogens is 4. The van der Waals surface area contributed by atoms with Crippen molar-refractivity contribution in [3.8, 4) is 0 Å². The molecule has 160 valence electrons. The average molecular weight is 515 g/mol. The van der Waals surface area contributed by atoms with E-state index in [0.717, 1.165) is 37.7 Å². The Hall–Kier alpha value is -1.07. The Bertz CT molecular complexity index is 579. The van der Waals surface area contributed by atoms with Gasteiger partial charge in [0.25, 0.3) is 0 Å². The lowest BCUT2D eigenvalue weighted by Gasteiger charge is -2.12. The minimum absolute atomic E-state index is 0. The Morgan fingerprint density at radius 3 is 2.39 bits per heavy atom. The molecule has 0 saturated heterocycles. The SMILES string of the molecule is CN=C(NCCCOCC1CC1)NCc1ccc(COCC(F)(F)F)cc1.I. The van der Waals surface area contributed by atoms with Crippen LogP contribution in [0.25, 0.3) is 0 Å². The smallest absolute Gasteiger partial charge is 0.381 e. The molecule has 1 aromatic rings. The van der Waals surface area contributed by atoms with Crippen molar-refractivity contribution >= 4 is 29.9 Å². The summed E-state index contributed by atoms with van der Waals surface area (Å²) >= 11 is 0. The van der Waals surface area contributed by atoms with Gasteiger partial charge in [-0.15, -0.1) is 24.0 Å². The van der Waals surface area contributed by atoms with Crippen molar-refractivity contribution in [3.05, 3.63) is 35.4 Å². The van der Waals surface area contributed by atoms with E-state index in [4.69, 9.17) is 4.74 Å². The Labute approximate surface area is 181 Å². The van der Waals surface area contributed by atoms with Gasteiger partial charge in [-0.2, -0.15) is 13.2 Å². The van der Waals surface area contributed by atoms with E-state index in [0.29, 0.717) is 18.1 Å². The molecule has 28 heavy (non-hydrogen) atoms. The highest BCUT2D eigenvalue weighted by Gasteiger charge is 2.27. The maximum absolute atomic E-state index is 12.1. The molecule has 9 heteroatoms. The molecular weight excluding hydrogens is 486 g/mol. The number of nitrogens with zero attached hydrogens (tertiary/aromatic N) is 1. The van der Waals surface area contributed by atoms with Gasteiger partial charge in [-0.05, 0) is 36.3 Å². The third kappa shape index (κ3) is 11.7. The highest BCUT2D eigenvalue weighted by atomic mass is 127. The standard InChI is InChI=1S/C19H28F3N3O2.HI/c1-23-18(24-9-2-10-26-12-16-7-8-16)25-11-15-3-5-17(6-4-15)13-27-14-19(20,21)22;/h3-6,16H,2,7-14H2,1H3,(H2,23,24,25);1H. The molecule has 1 saturated carbocycles. The summed E-state index contributed by atoms with van der Waals surface area (Å²) in [6, 6.07) is 7.25. The van der Waals surface area contributed by atoms with Crippen LogP contribution < -0.4 is 10.6 Å². The van der Waals surface area contributed by atoms with Gasteiger partial charge in [0.05, 0.1) is 6.61 Å². The van der Waals surface area contributed by atoms with Crippen LogP contribution in [0.4, 0.5) is 13.2 Å². The first kappa shape index (κ1) is 25.0. The van der Waals surface area contributed by atoms with Crippen molar-refractivity contribution in [2.45, 2.75) is 38.6 Å². The van der Waals surface area contributed by atoms with Gasteiger partial charge in [0, 0.05) is 33.4 Å². The van der Waals surface area contributed by atoms with Crippen LogP contribution in [0.15, 0.2) is 29.3 Å². The summed E-state index contributed by atoms with van der Waals surface area (Å²) in [5.41, 5.74) is 1.71. The molecule has 0 amide bonds. The lowest BCUT2D eigenvalue weighted by atomic mass is 10.1. The highest BCUT2D eigenvalue weighted by molar-refractivity contribution is 14.0. The molecule has 0 atom stereocenters. The topological polar surface area (TPSA) is 54.9 Å². The molecule has 0 aliphatic heterocycles. The van der Waals surface area contributed by atoms with Crippen LogP contribution in [0.1, 0.15) is 30.4 Å². The van der Waals surface area contributed by atoms with Gasteiger partial charge in [0.1, 0.15) is 6.61 Å². The second-order valence-electron chi connectivity index (χ2n) is 6.65. The first-order chi connectivity index (χ1) is 13.0. The summed E-state index contributed by atoms with van der Waals surface area (Å²) in [4.78, 5) is 4.17. The van der Waals surface area contributed by atoms with Crippen molar-refractivity contribution in [2.75, 3.05) is 33.4 Å². The Kier molecular flexibility index (Phi) is 11.8. The molecule has 2 N–H and O–H groups in total. The number of alkyl halides is 3. The normalized spacial score (nSPS) is 14.5. The van der Waals surface area contributed by atoms with Crippen LogP contribution in [0, 0.1) is 5.92 Å². The number of aliphatic imine (C=N–C) groups is 1. The first-order valence-corrected chi connectivity index (χ1v) is 9.21. The van der Waals surface area contributed by atoms with Gasteiger partial charge < -0.3 is 20.1 Å². The molecule has 0 aromatic heterocycles. The monoisotopic (exact) mass is 515 g/mol. The Balaban J connectivity index is 0.00000392. The fourth-order valence-corrected chi connectivity index (χ4v) is 2.36. The van der Waals surface area contributed by atoms with Gasteiger partial charge in [0.2, 0.25) is 0 Å². The molecule has 1 aromatic carbocycles. The first-order valence-electron chi connectivity index (χ1n) is 9.21. The number of hydrogen-bond acceptors (Lipinski definition) is 3. The largest absolute Gasteiger partial charge is 0.411 e. The summed E-state index contributed by atoms with van der Waals surface area (Å²) in [5.74, 6) is 1.49. The lowest BCUT2D eigenvalue weighted by Crippen LogP contribution is -2.37. The van der Waals surface area contributed by atoms with Crippen LogP contribution in [-0.2, 0) is 22.6 Å². The summed E-state index contributed by atoms with van der Waals surface area (Å²) in [6.07, 6.45) is -0.775. The number of hydrogen-bond donors (Lipinski definition) is 2. The number of rotatable bonds is 11. The Morgan fingerprint density at radius 1 is 1.11 bits per heavy atom. The second-order valence-corrected chi connectivity index (χ2v) is 6.65. The summed E-state index contributed by atoms with van der Waals surface area (Å²) in [7, 11) is 1.71. The average Bonchev–Trinajstić information content (AvgIpc) is 3.45. The summed E-state index contributed by atoms with van der Waals surface area (Å²) < 4.78 is 46.4. The van der Waals surface area contributed by atoms with Crippen molar-refractivity contribution in [2.24, 2.45) is 10.9 Å². The van der Waals surface area contributed by atoms with E-state index in [1.165, 1.54) is 12.8 Å². The maximum Gasteiger partial charge on any atom is 0.411 e. The molecule has 0 bridgehead atoms. The van der Waals surface area contributed by atoms with Gasteiger partial charge in [0.15, 0.2) is 5.96 Å². The molecule has 0 unspecified atom stereocenters. The summed E-state index contributed by atoms with van der Waals surface area (Å²) in [6.45, 7) is 1.69. The zero-order valence-electron chi connectivity index (χ0n) is 16.1. The molecule has 5 nitrogen and oxygen atoms in total. The number of ether oxygens (including phenoxy) is 2. The zero-order chi connectivity index (χ0) is 19.5. The number of guanidine groups is 1. The molecular formula is C19H29F3IN3O2. The van der Waals surface area contributed by atoms with Crippen LogP contribution in [0.2, 0.25) is 0 Å². The second kappa shape index (κ2) is 13.2. The molecule has 0 heterocycles. The van der Waals surface area contributed by atoms with Gasteiger partial charge in [-0.25, -0.2) is 0 Å². The predicted octanol–water partition coefficient (Wildman–Crippen LogP) is 3.87. The van der Waals surface area contributed by atoms with Crippen LogP contribution >= 0.6 is 24.0 Å². The van der Waals surface area contributed by atoms with Crippen molar-refractivity contribution in [1.29, 1.82) is 0 Å². The minimum atomic E-state index is -4.30. The van der Waals surface area contributed by atoms with E-state index in [1.807, 2.05) is 12.1 Å². The van der Waals surface area contributed by atoms with E-state index in [2.05, 4.69) is 20.4 Å². The van der Waals surface area contributed by atoms with E-state index in [1.54, 1.807) is 19.2 Å². The van der Waals surface area contributed by atoms with Crippen LogP contribution in [-0.4, -0.2) is 45.5 Å².